The molecule has 0 unspecified atom stereocenters. The van der Waals surface area contributed by atoms with Gasteiger partial charge in [-0.05, 0) is 18.6 Å². The zero-order valence-corrected chi connectivity index (χ0v) is 14.1. The molecule has 3 aromatic rings. The minimum Gasteiger partial charge on any atom is -0.379 e. The highest BCUT2D eigenvalue weighted by molar-refractivity contribution is 5.92. The molecule has 4 heterocycles. The van der Waals surface area contributed by atoms with Crippen molar-refractivity contribution in [2.75, 3.05) is 26.3 Å². The lowest BCUT2D eigenvalue weighted by Crippen LogP contribution is -2.36. The quantitative estimate of drug-likeness (QED) is 0.705. The molecule has 0 N–H and O–H groups in total. The molecule has 0 spiro atoms. The maximum absolute atomic E-state index is 12.7. The number of hydrogen-bond acceptors (Lipinski definition) is 5. The number of nitrogens with zero attached hydrogens (tertiary/aromatic N) is 6. The second-order valence-electron chi connectivity index (χ2n) is 6.38. The van der Waals surface area contributed by atoms with Crippen molar-refractivity contribution in [2.24, 2.45) is 13.0 Å². The van der Waals surface area contributed by atoms with Crippen molar-refractivity contribution in [2.45, 2.75) is 6.42 Å². The number of amides is 1. The van der Waals surface area contributed by atoms with Crippen LogP contribution in [0.2, 0.25) is 0 Å². The van der Waals surface area contributed by atoms with Gasteiger partial charge in [-0.2, -0.15) is 5.10 Å². The molecule has 1 atom stereocenters. The van der Waals surface area contributed by atoms with Gasteiger partial charge in [0, 0.05) is 44.6 Å². The summed E-state index contributed by atoms with van der Waals surface area (Å²) in [5.41, 5.74) is 2.26. The number of rotatable bonds is 3. The first kappa shape index (κ1) is 15.8. The van der Waals surface area contributed by atoms with Crippen molar-refractivity contribution in [3.8, 4) is 0 Å². The summed E-state index contributed by atoms with van der Waals surface area (Å²) in [7, 11) is 1.86. The third-order valence-corrected chi connectivity index (χ3v) is 4.36. The van der Waals surface area contributed by atoms with E-state index in [1.807, 2.05) is 30.3 Å². The van der Waals surface area contributed by atoms with Gasteiger partial charge in [0.05, 0.1) is 25.2 Å². The molecule has 1 aliphatic heterocycles. The van der Waals surface area contributed by atoms with Gasteiger partial charge in [-0.25, -0.2) is 14.5 Å². The highest BCUT2D eigenvalue weighted by Gasteiger charge is 2.25. The van der Waals surface area contributed by atoms with Crippen molar-refractivity contribution in [1.29, 1.82) is 0 Å². The molecule has 8 heteroatoms. The fourth-order valence-electron chi connectivity index (χ4n) is 3.13. The number of fused-ring (bicyclic) bond motifs is 1. The van der Waals surface area contributed by atoms with E-state index in [9.17, 15) is 4.79 Å². The minimum absolute atomic E-state index is 0.0471. The molecule has 0 bridgehead atoms. The number of imidazole rings is 2. The van der Waals surface area contributed by atoms with Crippen molar-refractivity contribution < 1.29 is 9.53 Å². The van der Waals surface area contributed by atoms with Gasteiger partial charge < -0.3 is 14.2 Å². The van der Waals surface area contributed by atoms with Crippen LogP contribution in [0.15, 0.2) is 37.1 Å². The van der Waals surface area contributed by atoms with Gasteiger partial charge in [0.25, 0.3) is 5.91 Å². The largest absolute Gasteiger partial charge is 0.379 e. The van der Waals surface area contributed by atoms with E-state index >= 15 is 0 Å². The van der Waals surface area contributed by atoms with E-state index in [1.165, 1.54) is 0 Å². The molecular formula is C17H20N6O2. The highest BCUT2D eigenvalue weighted by atomic mass is 16.5. The first-order chi connectivity index (χ1) is 12.2. The average Bonchev–Trinajstić information content (AvgIpc) is 3.18. The van der Waals surface area contributed by atoms with Crippen molar-refractivity contribution in [1.82, 2.24) is 29.0 Å². The minimum atomic E-state index is -0.0471. The molecule has 0 aliphatic carbocycles. The van der Waals surface area contributed by atoms with E-state index in [0.29, 0.717) is 32.0 Å². The first-order valence-electron chi connectivity index (χ1n) is 8.33. The Morgan fingerprint density at radius 2 is 2.28 bits per heavy atom. The van der Waals surface area contributed by atoms with Crippen LogP contribution in [0.1, 0.15) is 16.2 Å². The Morgan fingerprint density at radius 1 is 1.36 bits per heavy atom. The maximum atomic E-state index is 12.7. The van der Waals surface area contributed by atoms with Gasteiger partial charge in [0.1, 0.15) is 5.69 Å². The van der Waals surface area contributed by atoms with Crippen LogP contribution in [-0.4, -0.2) is 61.3 Å². The molecule has 3 aromatic heterocycles. The molecular weight excluding hydrogens is 320 g/mol. The molecule has 1 aliphatic rings. The Kier molecular flexibility index (Phi) is 4.19. The van der Waals surface area contributed by atoms with Crippen LogP contribution in [-0.2, 0) is 18.2 Å². The fourth-order valence-corrected chi connectivity index (χ4v) is 3.13. The van der Waals surface area contributed by atoms with E-state index in [4.69, 9.17) is 4.74 Å². The van der Waals surface area contributed by atoms with Crippen molar-refractivity contribution in [3.63, 3.8) is 0 Å². The second kappa shape index (κ2) is 6.64. The van der Waals surface area contributed by atoms with Crippen LogP contribution >= 0.6 is 0 Å². The van der Waals surface area contributed by atoms with Gasteiger partial charge >= 0.3 is 0 Å². The molecule has 1 saturated heterocycles. The molecule has 1 amide bonds. The molecule has 1 fully saturated rings. The zero-order valence-electron chi connectivity index (χ0n) is 14.1. The Bertz CT molecular complexity index is 886. The Morgan fingerprint density at radius 3 is 3.12 bits per heavy atom. The van der Waals surface area contributed by atoms with Gasteiger partial charge in [0.2, 0.25) is 0 Å². The molecule has 0 aromatic carbocycles. The molecule has 0 saturated carbocycles. The summed E-state index contributed by atoms with van der Waals surface area (Å²) in [6.07, 6.45) is 7.70. The predicted octanol–water partition coefficient (Wildman–Crippen LogP) is 0.794. The number of ether oxygens (including phenoxy) is 1. The molecule has 0 radical (unpaired) electrons. The van der Waals surface area contributed by atoms with E-state index in [1.54, 1.807) is 27.8 Å². The Labute approximate surface area is 145 Å². The third-order valence-electron chi connectivity index (χ3n) is 4.36. The summed E-state index contributed by atoms with van der Waals surface area (Å²) >= 11 is 0. The van der Waals surface area contributed by atoms with Crippen LogP contribution in [0.5, 0.6) is 0 Å². The normalized spacial score (nSPS) is 18.4. The first-order valence-corrected chi connectivity index (χ1v) is 8.33. The summed E-state index contributed by atoms with van der Waals surface area (Å²) in [4.78, 5) is 22.9. The SMILES string of the molecule is Cn1cnc(C(=O)N2CCOC[C@H](Cc3ccc4nccn4n3)C2)c1. The monoisotopic (exact) mass is 340 g/mol. The van der Waals surface area contributed by atoms with E-state index in [-0.39, 0.29) is 11.8 Å². The van der Waals surface area contributed by atoms with E-state index in [0.717, 1.165) is 17.8 Å². The molecule has 4 rings (SSSR count). The van der Waals surface area contributed by atoms with Crippen LogP contribution in [0.3, 0.4) is 0 Å². The fraction of sp³-hybridized carbons (Fsp3) is 0.412. The lowest BCUT2D eigenvalue weighted by molar-refractivity contribution is 0.0732. The second-order valence-corrected chi connectivity index (χ2v) is 6.38. The summed E-state index contributed by atoms with van der Waals surface area (Å²) < 4.78 is 9.26. The lowest BCUT2D eigenvalue weighted by Gasteiger charge is -2.22. The standard InChI is InChI=1S/C17H20N6O2/c1-21-10-15(19-12-21)17(24)22-6-7-25-11-13(9-22)8-14-2-3-16-18-4-5-23(16)20-14/h2-5,10,12-13H,6-9,11H2,1H3/t13-/m1/s1. The number of carbonyl (C=O) groups is 1. The maximum Gasteiger partial charge on any atom is 0.274 e. The highest BCUT2D eigenvalue weighted by Crippen LogP contribution is 2.15. The van der Waals surface area contributed by atoms with Crippen molar-refractivity contribution in [3.05, 3.63) is 48.4 Å². The molecule has 25 heavy (non-hydrogen) atoms. The van der Waals surface area contributed by atoms with Crippen LogP contribution < -0.4 is 0 Å². The summed E-state index contributed by atoms with van der Waals surface area (Å²) in [5, 5.41) is 4.57. The van der Waals surface area contributed by atoms with E-state index in [2.05, 4.69) is 15.1 Å². The topological polar surface area (TPSA) is 77.5 Å². The lowest BCUT2D eigenvalue weighted by atomic mass is 10.0. The van der Waals surface area contributed by atoms with Crippen molar-refractivity contribution >= 4 is 11.6 Å². The van der Waals surface area contributed by atoms with Gasteiger partial charge in [-0.15, -0.1) is 0 Å². The van der Waals surface area contributed by atoms with E-state index < -0.39 is 0 Å². The third kappa shape index (κ3) is 3.39. The van der Waals surface area contributed by atoms with Crippen LogP contribution in [0.25, 0.3) is 5.65 Å². The predicted molar refractivity (Wildman–Crippen MR) is 90.1 cm³/mol. The zero-order chi connectivity index (χ0) is 17.2. The Hall–Kier alpha value is -2.74. The molecule has 130 valence electrons. The summed E-state index contributed by atoms with van der Waals surface area (Å²) in [5.74, 6) is 0.151. The van der Waals surface area contributed by atoms with Gasteiger partial charge in [0.15, 0.2) is 5.65 Å². The average molecular weight is 340 g/mol. The van der Waals surface area contributed by atoms with Crippen LogP contribution in [0, 0.1) is 5.92 Å². The number of aromatic nitrogens is 5. The van der Waals surface area contributed by atoms with Gasteiger partial charge in [-0.1, -0.05) is 0 Å². The Balaban J connectivity index is 1.48. The summed E-state index contributed by atoms with van der Waals surface area (Å²) in [6.45, 7) is 2.39. The molecule has 8 nitrogen and oxygen atoms in total. The summed E-state index contributed by atoms with van der Waals surface area (Å²) in [6, 6.07) is 3.94. The number of aryl methyl sites for hydroxylation is 1. The van der Waals surface area contributed by atoms with Crippen LogP contribution in [0.4, 0.5) is 0 Å². The number of carbonyl (C=O) groups excluding carboxylic acids is 1. The number of hydrogen-bond donors (Lipinski definition) is 0. The van der Waals surface area contributed by atoms with Gasteiger partial charge in [-0.3, -0.25) is 4.79 Å². The smallest absolute Gasteiger partial charge is 0.274 e.